The highest BCUT2D eigenvalue weighted by molar-refractivity contribution is 6.05. The van der Waals surface area contributed by atoms with Gasteiger partial charge in [-0.25, -0.2) is 0 Å². The molecule has 2 aromatic heterocycles. The van der Waals surface area contributed by atoms with Crippen molar-refractivity contribution in [2.24, 2.45) is 0 Å². The van der Waals surface area contributed by atoms with E-state index in [0.717, 1.165) is 33.5 Å². The van der Waals surface area contributed by atoms with Crippen LogP contribution in [0.3, 0.4) is 0 Å². The number of aromatic amines is 1. The molecule has 33 heavy (non-hydrogen) atoms. The summed E-state index contributed by atoms with van der Waals surface area (Å²) in [6.45, 7) is 2.22. The molecule has 164 valence electrons. The SMILES string of the molecule is Cc1nnc(-c2ccc3c(c2)CN(C2CCC(=O)NC2=O)C3=O)n1-c1ccc2cc[nH]c2c1. The predicted molar refractivity (Wildman–Crippen MR) is 119 cm³/mol. The van der Waals surface area contributed by atoms with Crippen LogP contribution in [0.15, 0.2) is 48.7 Å². The van der Waals surface area contributed by atoms with E-state index >= 15 is 0 Å². The van der Waals surface area contributed by atoms with Crippen LogP contribution in [0.5, 0.6) is 0 Å². The topological polar surface area (TPSA) is 113 Å². The van der Waals surface area contributed by atoms with Gasteiger partial charge in [-0.05, 0) is 54.6 Å². The fourth-order valence-electron chi connectivity index (χ4n) is 4.75. The monoisotopic (exact) mass is 440 g/mol. The van der Waals surface area contributed by atoms with Crippen LogP contribution in [0.25, 0.3) is 28.0 Å². The molecule has 2 aliphatic rings. The normalized spacial score (nSPS) is 18.2. The number of fused-ring (bicyclic) bond motifs is 2. The molecule has 2 aliphatic heterocycles. The summed E-state index contributed by atoms with van der Waals surface area (Å²) in [6, 6.07) is 13.1. The van der Waals surface area contributed by atoms with Gasteiger partial charge >= 0.3 is 0 Å². The Hall–Kier alpha value is -4.27. The lowest BCUT2D eigenvalue weighted by molar-refractivity contribution is -0.136. The smallest absolute Gasteiger partial charge is 0.255 e. The molecule has 9 heteroatoms. The Morgan fingerprint density at radius 1 is 1.03 bits per heavy atom. The highest BCUT2D eigenvalue weighted by Crippen LogP contribution is 2.32. The summed E-state index contributed by atoms with van der Waals surface area (Å²) in [5, 5.41) is 12.2. The molecular weight excluding hydrogens is 420 g/mol. The van der Waals surface area contributed by atoms with E-state index < -0.39 is 11.9 Å². The number of rotatable bonds is 3. The Balaban J connectivity index is 1.36. The molecule has 1 atom stereocenters. The fourth-order valence-corrected chi connectivity index (χ4v) is 4.75. The summed E-state index contributed by atoms with van der Waals surface area (Å²) in [6.07, 6.45) is 2.47. The molecule has 0 bridgehead atoms. The van der Waals surface area contributed by atoms with Crippen molar-refractivity contribution in [3.63, 3.8) is 0 Å². The Labute approximate surface area is 188 Å². The molecule has 2 N–H and O–H groups in total. The number of H-pyrrole nitrogens is 1. The number of benzene rings is 2. The Kier molecular flexibility index (Phi) is 4.19. The van der Waals surface area contributed by atoms with Crippen molar-refractivity contribution in [2.45, 2.75) is 32.4 Å². The molecule has 9 nitrogen and oxygen atoms in total. The van der Waals surface area contributed by atoms with Crippen molar-refractivity contribution in [1.29, 1.82) is 0 Å². The summed E-state index contributed by atoms with van der Waals surface area (Å²) >= 11 is 0. The highest BCUT2D eigenvalue weighted by Gasteiger charge is 2.39. The van der Waals surface area contributed by atoms with Gasteiger partial charge in [0.2, 0.25) is 11.8 Å². The minimum absolute atomic E-state index is 0.194. The average Bonchev–Trinajstić information content (AvgIpc) is 3.50. The number of piperidine rings is 1. The lowest BCUT2D eigenvalue weighted by Crippen LogP contribution is -2.52. The van der Waals surface area contributed by atoms with Crippen molar-refractivity contribution in [3.05, 3.63) is 65.6 Å². The Morgan fingerprint density at radius 2 is 1.91 bits per heavy atom. The predicted octanol–water partition coefficient (Wildman–Crippen LogP) is 2.49. The largest absolute Gasteiger partial charge is 0.361 e. The standard InChI is InChI=1S/C24H20N6O3/c1-13-27-28-22(30(13)17-4-2-14-8-9-25-19(14)11-17)15-3-5-18-16(10-15)12-29(24(18)33)20-6-7-21(31)26-23(20)32/h2-5,8-11,20,25H,6-7,12H2,1H3,(H,26,31,32). The highest BCUT2D eigenvalue weighted by atomic mass is 16.2. The molecule has 6 rings (SSSR count). The van der Waals surface area contributed by atoms with Crippen LogP contribution in [-0.2, 0) is 16.1 Å². The van der Waals surface area contributed by atoms with E-state index in [9.17, 15) is 14.4 Å². The molecule has 1 saturated heterocycles. The molecule has 3 amide bonds. The van der Waals surface area contributed by atoms with E-state index in [2.05, 4.69) is 26.6 Å². The second-order valence-corrected chi connectivity index (χ2v) is 8.43. The first kappa shape index (κ1) is 19.4. The van der Waals surface area contributed by atoms with Gasteiger partial charge in [0.1, 0.15) is 11.9 Å². The second kappa shape index (κ2) is 7.13. The third kappa shape index (κ3) is 3.04. The number of aromatic nitrogens is 4. The number of hydrogen-bond acceptors (Lipinski definition) is 5. The minimum Gasteiger partial charge on any atom is -0.361 e. The van der Waals surface area contributed by atoms with E-state index in [0.29, 0.717) is 24.4 Å². The van der Waals surface area contributed by atoms with E-state index in [-0.39, 0.29) is 18.2 Å². The van der Waals surface area contributed by atoms with Gasteiger partial charge in [-0.15, -0.1) is 10.2 Å². The van der Waals surface area contributed by atoms with Gasteiger partial charge in [-0.2, -0.15) is 0 Å². The first-order valence-electron chi connectivity index (χ1n) is 10.8. The van der Waals surface area contributed by atoms with Crippen LogP contribution in [0.2, 0.25) is 0 Å². The zero-order chi connectivity index (χ0) is 22.7. The maximum atomic E-state index is 13.0. The van der Waals surface area contributed by atoms with Crippen molar-refractivity contribution < 1.29 is 14.4 Å². The van der Waals surface area contributed by atoms with Crippen LogP contribution in [0.1, 0.15) is 34.6 Å². The fraction of sp³-hybridized carbons (Fsp3) is 0.208. The molecule has 0 spiro atoms. The lowest BCUT2D eigenvalue weighted by atomic mass is 10.0. The summed E-state index contributed by atoms with van der Waals surface area (Å²) in [7, 11) is 0. The maximum Gasteiger partial charge on any atom is 0.255 e. The van der Waals surface area contributed by atoms with Gasteiger partial charge in [0.25, 0.3) is 5.91 Å². The molecule has 0 saturated carbocycles. The van der Waals surface area contributed by atoms with Crippen LogP contribution >= 0.6 is 0 Å². The molecular formula is C24H20N6O3. The quantitative estimate of drug-likeness (QED) is 0.475. The molecule has 0 radical (unpaired) electrons. The van der Waals surface area contributed by atoms with Crippen LogP contribution in [-0.4, -0.2) is 48.4 Å². The van der Waals surface area contributed by atoms with Crippen LogP contribution in [0.4, 0.5) is 0 Å². The van der Waals surface area contributed by atoms with E-state index in [1.54, 1.807) is 11.0 Å². The number of nitrogens with one attached hydrogen (secondary N) is 2. The van der Waals surface area contributed by atoms with Crippen molar-refractivity contribution >= 4 is 28.6 Å². The van der Waals surface area contributed by atoms with Crippen molar-refractivity contribution in [3.8, 4) is 17.1 Å². The van der Waals surface area contributed by atoms with Gasteiger partial charge in [0, 0.05) is 35.8 Å². The third-order valence-corrected chi connectivity index (χ3v) is 6.40. The van der Waals surface area contributed by atoms with Gasteiger partial charge in [-0.3, -0.25) is 24.3 Å². The molecule has 0 aliphatic carbocycles. The van der Waals surface area contributed by atoms with Gasteiger partial charge < -0.3 is 9.88 Å². The van der Waals surface area contributed by atoms with E-state index in [4.69, 9.17) is 0 Å². The Bertz CT molecular complexity index is 1470. The number of imide groups is 1. The first-order valence-corrected chi connectivity index (χ1v) is 10.8. The van der Waals surface area contributed by atoms with E-state index in [1.807, 2.05) is 48.0 Å². The van der Waals surface area contributed by atoms with Crippen LogP contribution in [0, 0.1) is 6.92 Å². The number of nitrogens with zero attached hydrogens (tertiary/aromatic N) is 4. The minimum atomic E-state index is -0.635. The Morgan fingerprint density at radius 3 is 2.76 bits per heavy atom. The van der Waals surface area contributed by atoms with Gasteiger partial charge in [0.15, 0.2) is 5.82 Å². The number of amides is 3. The third-order valence-electron chi connectivity index (χ3n) is 6.40. The first-order chi connectivity index (χ1) is 16.0. The van der Waals surface area contributed by atoms with E-state index in [1.165, 1.54) is 0 Å². The molecule has 1 unspecified atom stereocenters. The summed E-state index contributed by atoms with van der Waals surface area (Å²) in [5.41, 5.74) is 4.18. The second-order valence-electron chi connectivity index (χ2n) is 8.43. The van der Waals surface area contributed by atoms with Crippen LogP contribution < -0.4 is 5.32 Å². The number of aryl methyl sites for hydroxylation is 1. The maximum absolute atomic E-state index is 13.0. The average molecular weight is 440 g/mol. The number of carbonyl (C=O) groups is 3. The lowest BCUT2D eigenvalue weighted by Gasteiger charge is -2.29. The van der Waals surface area contributed by atoms with Gasteiger partial charge in [0.05, 0.1) is 5.69 Å². The van der Waals surface area contributed by atoms with Gasteiger partial charge in [-0.1, -0.05) is 12.1 Å². The molecule has 4 heterocycles. The summed E-state index contributed by atoms with van der Waals surface area (Å²) in [5.74, 6) is 0.518. The molecule has 2 aromatic carbocycles. The number of hydrogen-bond donors (Lipinski definition) is 2. The summed E-state index contributed by atoms with van der Waals surface area (Å²) in [4.78, 5) is 41.6. The molecule has 1 fully saturated rings. The molecule has 4 aromatic rings. The van der Waals surface area contributed by atoms with Crippen molar-refractivity contribution in [1.82, 2.24) is 30.0 Å². The zero-order valence-corrected chi connectivity index (χ0v) is 17.8. The number of carbonyl (C=O) groups excluding carboxylic acids is 3. The van der Waals surface area contributed by atoms with Crippen molar-refractivity contribution in [2.75, 3.05) is 0 Å². The zero-order valence-electron chi connectivity index (χ0n) is 17.8. The summed E-state index contributed by atoms with van der Waals surface area (Å²) < 4.78 is 1.98.